The Morgan fingerprint density at radius 1 is 1.20 bits per heavy atom. The molecule has 0 atom stereocenters. The van der Waals surface area contributed by atoms with Crippen LogP contribution in [0.25, 0.3) is 0 Å². The Morgan fingerprint density at radius 2 is 1.50 bits per heavy atom. The molecule has 0 saturated heterocycles. The van der Waals surface area contributed by atoms with Crippen molar-refractivity contribution < 1.29 is 16.9 Å². The lowest BCUT2D eigenvalue weighted by Gasteiger charge is -2.18. The van der Waals surface area contributed by atoms with Gasteiger partial charge in [-0.15, -0.1) is 0 Å². The van der Waals surface area contributed by atoms with Crippen LogP contribution in [0.1, 0.15) is 14.9 Å². The van der Waals surface area contributed by atoms with E-state index in [-0.39, 0.29) is 27.3 Å². The first-order valence-corrected chi connectivity index (χ1v) is 2.24. The highest BCUT2D eigenvalue weighted by atomic mass is 35.5. The molecule has 0 fully saturated rings. The molecule has 0 bridgehead atoms. The smallest absolute Gasteiger partial charge is 0.165 e. The minimum absolute atomic E-state index is 0. The standard InChI is InChI=1S/C5H11N2.2CH4.ClH/c1-7(2,3)5-4-6;;;/h5H2,1-3H3;2*1H4;1H/q+1;;;/p-1. The first-order chi connectivity index (χ1) is 3.06. The van der Waals surface area contributed by atoms with Crippen molar-refractivity contribution in [1.82, 2.24) is 0 Å². The maximum Gasteiger partial charge on any atom is 0.165 e. The lowest BCUT2D eigenvalue weighted by Crippen LogP contribution is -3.00. The highest BCUT2D eigenvalue weighted by molar-refractivity contribution is 4.65. The van der Waals surface area contributed by atoms with Crippen LogP contribution in [0.3, 0.4) is 0 Å². The fourth-order valence-corrected chi connectivity index (χ4v) is 0.212. The van der Waals surface area contributed by atoms with Crippen LogP contribution in [0.5, 0.6) is 0 Å². The number of nitrogens with zero attached hydrogens (tertiary/aromatic N) is 2. The number of hydrogen-bond donors (Lipinski definition) is 0. The van der Waals surface area contributed by atoms with Crippen molar-refractivity contribution in [3.05, 3.63) is 0 Å². The molecule has 0 rings (SSSR count). The van der Waals surface area contributed by atoms with Gasteiger partial charge >= 0.3 is 0 Å². The van der Waals surface area contributed by atoms with Crippen molar-refractivity contribution >= 4 is 0 Å². The van der Waals surface area contributed by atoms with Crippen molar-refractivity contribution in [1.29, 1.82) is 5.26 Å². The molecule has 0 heterocycles. The van der Waals surface area contributed by atoms with E-state index in [1.54, 1.807) is 0 Å². The second kappa shape index (κ2) is 8.74. The van der Waals surface area contributed by atoms with Crippen molar-refractivity contribution in [2.24, 2.45) is 0 Å². The first-order valence-electron chi connectivity index (χ1n) is 2.24. The quantitative estimate of drug-likeness (QED) is 0.344. The molecule has 0 spiro atoms. The molecule has 0 aliphatic heterocycles. The summed E-state index contributed by atoms with van der Waals surface area (Å²) in [5.41, 5.74) is 0. The molecule has 2 nitrogen and oxygen atoms in total. The summed E-state index contributed by atoms with van der Waals surface area (Å²) >= 11 is 0. The second-order valence-electron chi connectivity index (χ2n) is 2.61. The van der Waals surface area contributed by atoms with E-state index in [2.05, 4.69) is 6.07 Å². The second-order valence-corrected chi connectivity index (χ2v) is 2.61. The van der Waals surface area contributed by atoms with E-state index in [1.807, 2.05) is 21.1 Å². The fourth-order valence-electron chi connectivity index (χ4n) is 0.212. The molecule has 0 saturated carbocycles. The van der Waals surface area contributed by atoms with Gasteiger partial charge in [-0.25, -0.2) is 0 Å². The Morgan fingerprint density at radius 3 is 1.50 bits per heavy atom. The number of hydrogen-bond acceptors (Lipinski definition) is 1. The third-order valence-electron chi connectivity index (χ3n) is 0.545. The Bertz CT molecular complexity index is 88.8. The molecule has 0 radical (unpaired) electrons. The molecule has 0 aromatic rings. The van der Waals surface area contributed by atoms with Gasteiger partial charge in [0.15, 0.2) is 6.54 Å². The normalized spacial score (nSPS) is 7.40. The zero-order valence-corrected chi connectivity index (χ0v) is 6.24. The molecule has 0 aliphatic rings. The van der Waals surface area contributed by atoms with E-state index in [1.165, 1.54) is 0 Å². The highest BCUT2D eigenvalue weighted by Crippen LogP contribution is 1.84. The Labute approximate surface area is 71.5 Å². The summed E-state index contributed by atoms with van der Waals surface area (Å²) in [5, 5.41) is 8.14. The van der Waals surface area contributed by atoms with Gasteiger partial charge in [0.1, 0.15) is 6.07 Å². The first kappa shape index (κ1) is 22.6. The number of nitriles is 1. The Kier molecular flexibility index (Phi) is 19.7. The van der Waals surface area contributed by atoms with E-state index in [0.29, 0.717) is 6.54 Å². The lowest BCUT2D eigenvalue weighted by molar-refractivity contribution is -0.863. The molecule has 10 heavy (non-hydrogen) atoms. The summed E-state index contributed by atoms with van der Waals surface area (Å²) in [7, 11) is 5.97. The SMILES string of the molecule is C.C.C[N+](C)(C)CC#N.[Cl-]. The van der Waals surface area contributed by atoms with Crippen molar-refractivity contribution in [2.75, 3.05) is 27.7 Å². The predicted molar refractivity (Wildman–Crippen MR) is 42.0 cm³/mol. The maximum absolute atomic E-state index is 8.14. The molecule has 0 aromatic heterocycles. The molecule has 0 amide bonds. The third-order valence-corrected chi connectivity index (χ3v) is 0.545. The molecule has 0 aliphatic carbocycles. The van der Waals surface area contributed by atoms with E-state index >= 15 is 0 Å². The predicted octanol–water partition coefficient (Wildman–Crippen LogP) is -1.51. The van der Waals surface area contributed by atoms with E-state index < -0.39 is 0 Å². The van der Waals surface area contributed by atoms with E-state index in [0.717, 1.165) is 4.48 Å². The van der Waals surface area contributed by atoms with Crippen LogP contribution in [0.2, 0.25) is 0 Å². The minimum Gasteiger partial charge on any atom is -1.00 e. The summed E-state index contributed by atoms with van der Waals surface area (Å²) in [6.07, 6.45) is 0. The van der Waals surface area contributed by atoms with Crippen LogP contribution >= 0.6 is 0 Å². The molecule has 3 heteroatoms. The van der Waals surface area contributed by atoms with Crippen LogP contribution in [-0.2, 0) is 0 Å². The average Bonchev–Trinajstić information content (AvgIpc) is 1.30. The topological polar surface area (TPSA) is 23.8 Å². The van der Waals surface area contributed by atoms with Crippen LogP contribution in [-0.4, -0.2) is 32.2 Å². The van der Waals surface area contributed by atoms with Crippen LogP contribution in [0, 0.1) is 11.3 Å². The molecular formula is C7H19ClN2. The third kappa shape index (κ3) is 25.1. The summed E-state index contributed by atoms with van der Waals surface area (Å²) in [4.78, 5) is 0. The van der Waals surface area contributed by atoms with Gasteiger partial charge in [0, 0.05) is 0 Å². The Hall–Kier alpha value is -0.260. The van der Waals surface area contributed by atoms with Gasteiger partial charge in [-0.1, -0.05) is 14.9 Å². The fraction of sp³-hybridized carbons (Fsp3) is 0.857. The number of rotatable bonds is 1. The van der Waals surface area contributed by atoms with Crippen molar-refractivity contribution in [2.45, 2.75) is 14.9 Å². The van der Waals surface area contributed by atoms with Crippen molar-refractivity contribution in [3.63, 3.8) is 0 Å². The summed E-state index contributed by atoms with van der Waals surface area (Å²) in [5.74, 6) is 0. The average molecular weight is 167 g/mol. The van der Waals surface area contributed by atoms with Gasteiger partial charge in [0.25, 0.3) is 0 Å². The van der Waals surface area contributed by atoms with E-state index in [9.17, 15) is 0 Å². The largest absolute Gasteiger partial charge is 1.00 e. The van der Waals surface area contributed by atoms with Gasteiger partial charge in [0.2, 0.25) is 0 Å². The van der Waals surface area contributed by atoms with Gasteiger partial charge in [0.05, 0.1) is 21.1 Å². The summed E-state index contributed by atoms with van der Waals surface area (Å²) in [6.45, 7) is 0.583. The summed E-state index contributed by atoms with van der Waals surface area (Å²) < 4.78 is 0.733. The van der Waals surface area contributed by atoms with Gasteiger partial charge < -0.3 is 16.9 Å². The van der Waals surface area contributed by atoms with Crippen LogP contribution in [0.4, 0.5) is 0 Å². The number of quaternary nitrogens is 1. The van der Waals surface area contributed by atoms with Gasteiger partial charge in [-0.2, -0.15) is 5.26 Å². The van der Waals surface area contributed by atoms with Crippen LogP contribution in [0.15, 0.2) is 0 Å². The van der Waals surface area contributed by atoms with Gasteiger partial charge in [-0.05, 0) is 0 Å². The van der Waals surface area contributed by atoms with Gasteiger partial charge in [-0.3, -0.25) is 0 Å². The summed E-state index contributed by atoms with van der Waals surface area (Å²) in [6, 6.07) is 2.08. The Balaban J connectivity index is -0.0000000600. The van der Waals surface area contributed by atoms with E-state index in [4.69, 9.17) is 5.26 Å². The molecule has 64 valence electrons. The number of halogens is 1. The zero-order chi connectivity index (χ0) is 5.91. The maximum atomic E-state index is 8.14. The lowest BCUT2D eigenvalue weighted by atomic mass is 10.6. The monoisotopic (exact) mass is 166 g/mol. The molecular weight excluding hydrogens is 148 g/mol. The minimum atomic E-state index is 0. The van der Waals surface area contributed by atoms with Crippen LogP contribution < -0.4 is 12.4 Å². The molecule has 0 unspecified atom stereocenters. The molecule has 0 aromatic carbocycles. The van der Waals surface area contributed by atoms with Crippen molar-refractivity contribution in [3.8, 4) is 6.07 Å². The zero-order valence-electron chi connectivity index (χ0n) is 5.48. The molecule has 0 N–H and O–H groups in total. The highest BCUT2D eigenvalue weighted by Gasteiger charge is 2.01.